The van der Waals surface area contributed by atoms with E-state index in [1.54, 1.807) is 21.8 Å². The first-order valence-electron chi connectivity index (χ1n) is 18.8. The average Bonchev–Trinajstić information content (AvgIpc) is 3.78. The van der Waals surface area contributed by atoms with E-state index in [4.69, 9.17) is 18.6 Å². The van der Waals surface area contributed by atoms with Gasteiger partial charge in [-0.15, -0.1) is 0 Å². The Bertz CT molecular complexity index is 1960. The molecule has 14 heteroatoms. The van der Waals surface area contributed by atoms with Crippen molar-refractivity contribution < 1.29 is 28.2 Å². The quantitative estimate of drug-likeness (QED) is 0.272. The molecule has 54 heavy (non-hydrogen) atoms. The molecule has 2 amide bonds. The summed E-state index contributed by atoms with van der Waals surface area (Å²) >= 11 is 0. The molecule has 0 atom stereocenters. The summed E-state index contributed by atoms with van der Waals surface area (Å²) in [6, 6.07) is 12.1. The maximum Gasteiger partial charge on any atom is 0.494 e. The van der Waals surface area contributed by atoms with Gasteiger partial charge in [0.05, 0.1) is 47.9 Å². The Labute approximate surface area is 319 Å². The van der Waals surface area contributed by atoms with Crippen molar-refractivity contribution in [2.24, 2.45) is 0 Å². The maximum absolute atomic E-state index is 13.0. The summed E-state index contributed by atoms with van der Waals surface area (Å²) in [6.45, 7) is 26.9. The van der Waals surface area contributed by atoms with Crippen LogP contribution in [0.3, 0.4) is 0 Å². The molecule has 8 rings (SSSR count). The molecular formula is C40H52B2N6O6. The molecule has 2 saturated heterocycles. The number of carbonyl (C=O) groups is 2. The van der Waals surface area contributed by atoms with Crippen LogP contribution in [0.2, 0.25) is 0 Å². The summed E-state index contributed by atoms with van der Waals surface area (Å²) in [7, 11) is -0.799. The number of nitrogens with zero attached hydrogens (tertiary/aromatic N) is 6. The predicted octanol–water partition coefficient (Wildman–Crippen LogP) is 4.92. The Morgan fingerprint density at radius 2 is 0.852 bits per heavy atom. The monoisotopic (exact) mass is 734 g/mol. The van der Waals surface area contributed by atoms with Crippen LogP contribution in [0.15, 0.2) is 48.8 Å². The smallest absolute Gasteiger partial charge is 0.399 e. The average molecular weight is 735 g/mol. The van der Waals surface area contributed by atoms with Gasteiger partial charge in [0, 0.05) is 35.6 Å². The molecule has 0 N–H and O–H groups in total. The van der Waals surface area contributed by atoms with Crippen LogP contribution >= 0.6 is 0 Å². The van der Waals surface area contributed by atoms with Gasteiger partial charge in [-0.3, -0.25) is 19.0 Å². The minimum atomic E-state index is -0.400. The highest BCUT2D eigenvalue weighted by atomic mass is 16.7. The first-order chi connectivity index (χ1) is 25.2. The van der Waals surface area contributed by atoms with Gasteiger partial charge in [0.1, 0.15) is 11.4 Å². The number of fused-ring (bicyclic) bond motifs is 2. The normalized spacial score (nSPS) is 20.9. The van der Waals surface area contributed by atoms with E-state index >= 15 is 0 Å². The number of benzene rings is 2. The van der Waals surface area contributed by atoms with E-state index in [1.807, 2.05) is 117 Å². The summed E-state index contributed by atoms with van der Waals surface area (Å²) in [6.07, 6.45) is 3.51. The Kier molecular flexibility index (Phi) is 9.31. The maximum atomic E-state index is 13.0. The van der Waals surface area contributed by atoms with Gasteiger partial charge in [-0.05, 0) is 117 Å². The van der Waals surface area contributed by atoms with Crippen molar-refractivity contribution in [1.29, 1.82) is 0 Å². The Balaban J connectivity index is 0.000000167. The van der Waals surface area contributed by atoms with Gasteiger partial charge in [-0.1, -0.05) is 24.3 Å². The Morgan fingerprint density at radius 3 is 1.17 bits per heavy atom. The van der Waals surface area contributed by atoms with Gasteiger partial charge >= 0.3 is 14.2 Å². The Morgan fingerprint density at radius 1 is 0.519 bits per heavy atom. The molecule has 2 aromatic heterocycles. The number of aryl methyl sites for hydroxylation is 4. The molecule has 0 unspecified atom stereocenters. The van der Waals surface area contributed by atoms with Crippen molar-refractivity contribution in [1.82, 2.24) is 19.6 Å². The standard InChI is InChI=1S/2C20H26BN3O3/c2*1-13-11-15(21-26-19(3,4)20(5,6)27-21)7-8-16(13)23-9-10-24-17(18(23)25)14(2)12-22-24/h2*7-8,11-12H,9-10H2,1-6H3. The SMILES string of the molecule is Cc1cc(B2OC(C)(C)C(C)(C)O2)ccc1N1CCn2ncc(C)c2C1=O.Cc1cc(B2OC(C)(C)C(C)(C)O2)ccc1N1CCn2ncc(C)c2C1=O. The second kappa shape index (κ2) is 13.2. The summed E-state index contributed by atoms with van der Waals surface area (Å²) in [4.78, 5) is 29.6. The molecule has 284 valence electrons. The van der Waals surface area contributed by atoms with Gasteiger partial charge in [-0.2, -0.15) is 10.2 Å². The molecule has 0 radical (unpaired) electrons. The zero-order valence-corrected chi connectivity index (χ0v) is 33.7. The molecule has 4 aromatic rings. The zero-order valence-electron chi connectivity index (χ0n) is 33.7. The topological polar surface area (TPSA) is 113 Å². The molecule has 0 aliphatic carbocycles. The van der Waals surface area contributed by atoms with Crippen LogP contribution < -0.4 is 20.7 Å². The lowest BCUT2D eigenvalue weighted by Gasteiger charge is -2.32. The molecule has 6 heterocycles. The molecule has 2 aromatic carbocycles. The summed E-state index contributed by atoms with van der Waals surface area (Å²) in [5.41, 5.74) is 7.54. The van der Waals surface area contributed by atoms with Crippen LogP contribution in [0, 0.1) is 27.7 Å². The van der Waals surface area contributed by atoms with E-state index in [0.717, 1.165) is 44.6 Å². The summed E-state index contributed by atoms with van der Waals surface area (Å²) in [5.74, 6) is 0.00506. The molecule has 4 aliphatic rings. The van der Waals surface area contributed by atoms with Crippen LogP contribution in [0.4, 0.5) is 11.4 Å². The van der Waals surface area contributed by atoms with Gasteiger partial charge in [0.25, 0.3) is 11.8 Å². The van der Waals surface area contributed by atoms with E-state index in [0.29, 0.717) is 37.6 Å². The number of carbonyl (C=O) groups excluding carboxylic acids is 2. The number of rotatable bonds is 4. The van der Waals surface area contributed by atoms with Gasteiger partial charge in [0.15, 0.2) is 0 Å². The van der Waals surface area contributed by atoms with Crippen LogP contribution in [-0.4, -0.2) is 81.1 Å². The van der Waals surface area contributed by atoms with Crippen LogP contribution in [0.1, 0.15) is 98.6 Å². The second-order valence-corrected chi connectivity index (χ2v) is 17.0. The molecule has 0 spiro atoms. The number of hydrogen-bond donors (Lipinski definition) is 0. The third kappa shape index (κ3) is 6.40. The van der Waals surface area contributed by atoms with Crippen molar-refractivity contribution in [3.63, 3.8) is 0 Å². The number of hydrogen-bond acceptors (Lipinski definition) is 8. The van der Waals surface area contributed by atoms with Crippen molar-refractivity contribution in [3.8, 4) is 0 Å². The molecule has 12 nitrogen and oxygen atoms in total. The van der Waals surface area contributed by atoms with Crippen LogP contribution in [0.5, 0.6) is 0 Å². The minimum Gasteiger partial charge on any atom is -0.399 e. The Hall–Kier alpha value is -4.23. The highest BCUT2D eigenvalue weighted by Crippen LogP contribution is 2.38. The number of anilines is 2. The van der Waals surface area contributed by atoms with Crippen molar-refractivity contribution in [2.75, 3.05) is 22.9 Å². The van der Waals surface area contributed by atoms with Gasteiger partial charge in [0.2, 0.25) is 0 Å². The molecule has 2 fully saturated rings. The second-order valence-electron chi connectivity index (χ2n) is 17.0. The van der Waals surface area contributed by atoms with Crippen LogP contribution in [-0.2, 0) is 31.7 Å². The summed E-state index contributed by atoms with van der Waals surface area (Å²) < 4.78 is 28.2. The number of amides is 2. The lowest BCUT2D eigenvalue weighted by atomic mass is 9.78. The van der Waals surface area contributed by atoms with E-state index in [1.165, 1.54) is 0 Å². The molecule has 0 saturated carbocycles. The predicted molar refractivity (Wildman–Crippen MR) is 211 cm³/mol. The first-order valence-corrected chi connectivity index (χ1v) is 18.8. The largest absolute Gasteiger partial charge is 0.494 e. The van der Waals surface area contributed by atoms with Gasteiger partial charge in [-0.25, -0.2) is 0 Å². The fourth-order valence-corrected chi connectivity index (χ4v) is 7.38. The lowest BCUT2D eigenvalue weighted by molar-refractivity contribution is 0.00578. The van der Waals surface area contributed by atoms with E-state index in [-0.39, 0.29) is 34.2 Å². The highest BCUT2D eigenvalue weighted by molar-refractivity contribution is 6.62. The fourth-order valence-electron chi connectivity index (χ4n) is 7.38. The van der Waals surface area contributed by atoms with E-state index < -0.39 is 14.2 Å². The van der Waals surface area contributed by atoms with Crippen molar-refractivity contribution in [2.45, 2.75) is 119 Å². The van der Waals surface area contributed by atoms with Crippen molar-refractivity contribution in [3.05, 3.63) is 82.4 Å². The van der Waals surface area contributed by atoms with Crippen LogP contribution in [0.25, 0.3) is 0 Å². The van der Waals surface area contributed by atoms with E-state index in [9.17, 15) is 9.59 Å². The van der Waals surface area contributed by atoms with E-state index in [2.05, 4.69) is 22.3 Å². The van der Waals surface area contributed by atoms with Gasteiger partial charge < -0.3 is 28.4 Å². The highest BCUT2D eigenvalue weighted by Gasteiger charge is 2.53. The fraction of sp³-hybridized carbons (Fsp3) is 0.500. The van der Waals surface area contributed by atoms with Crippen molar-refractivity contribution >= 4 is 48.4 Å². The zero-order chi connectivity index (χ0) is 39.1. The third-order valence-corrected chi connectivity index (χ3v) is 12.1. The third-order valence-electron chi connectivity index (χ3n) is 12.1. The lowest BCUT2D eigenvalue weighted by Crippen LogP contribution is -2.42. The number of aromatic nitrogens is 4. The molecule has 0 bridgehead atoms. The summed E-state index contributed by atoms with van der Waals surface area (Å²) in [5, 5.41) is 8.57. The molecule has 4 aliphatic heterocycles. The first kappa shape index (κ1) is 38.1. The minimum absolute atomic E-state index is 0.00253. The molecular weight excluding hydrogens is 682 g/mol.